The Balaban J connectivity index is 1.66. The number of ether oxygens (including phenoxy) is 1. The molecular weight excluding hydrogens is 410 g/mol. The van der Waals surface area contributed by atoms with Gasteiger partial charge < -0.3 is 15.4 Å². The molecule has 1 amide bonds. The van der Waals surface area contributed by atoms with E-state index in [1.807, 2.05) is 69.3 Å². The summed E-state index contributed by atoms with van der Waals surface area (Å²) in [6, 6.07) is 28.3. The predicted molar refractivity (Wildman–Crippen MR) is 134 cm³/mol. The van der Waals surface area contributed by atoms with E-state index in [1.54, 1.807) is 0 Å². The number of benzene rings is 3. The van der Waals surface area contributed by atoms with Gasteiger partial charge in [-0.3, -0.25) is 4.99 Å². The van der Waals surface area contributed by atoms with Gasteiger partial charge in [0, 0.05) is 16.8 Å². The van der Waals surface area contributed by atoms with Gasteiger partial charge in [0.05, 0.1) is 24.3 Å². The standard InChI is InChI=1S/C28H31N3O2/c1-28(2,3)33-27(32)31-24(18-20-12-6-4-7-13-20)25-19-29-26(21-14-8-5-9-15-21)22-16-10-11-17-23(22)30-25/h4-17,24-25,30H,18-19H2,1-3H3,(H,31,32)/t24-,25+/m0/s1. The number of benzodiazepines with no additional fused rings is 1. The van der Waals surface area contributed by atoms with Crippen molar-refractivity contribution in [3.63, 3.8) is 0 Å². The van der Waals surface area contributed by atoms with Crippen molar-refractivity contribution in [1.82, 2.24) is 5.32 Å². The summed E-state index contributed by atoms with van der Waals surface area (Å²) in [5.74, 6) is 0. The first-order chi connectivity index (χ1) is 15.9. The smallest absolute Gasteiger partial charge is 0.407 e. The molecule has 2 N–H and O–H groups in total. The molecule has 3 aromatic carbocycles. The third kappa shape index (κ3) is 6.01. The van der Waals surface area contributed by atoms with Crippen LogP contribution < -0.4 is 10.6 Å². The second kappa shape index (κ2) is 9.90. The fourth-order valence-corrected chi connectivity index (χ4v) is 4.03. The first-order valence-corrected chi connectivity index (χ1v) is 11.4. The zero-order chi connectivity index (χ0) is 23.3. The Kier molecular flexibility index (Phi) is 6.78. The van der Waals surface area contributed by atoms with Gasteiger partial charge in [-0.1, -0.05) is 78.9 Å². The Morgan fingerprint density at radius 2 is 1.64 bits per heavy atom. The average molecular weight is 442 g/mol. The predicted octanol–water partition coefficient (Wildman–Crippen LogP) is 5.45. The van der Waals surface area contributed by atoms with E-state index in [-0.39, 0.29) is 12.1 Å². The molecule has 3 aromatic rings. The number of para-hydroxylation sites is 1. The van der Waals surface area contributed by atoms with E-state index in [4.69, 9.17) is 9.73 Å². The Morgan fingerprint density at radius 3 is 2.33 bits per heavy atom. The number of nitrogens with one attached hydrogen (secondary N) is 2. The van der Waals surface area contributed by atoms with Crippen molar-refractivity contribution >= 4 is 17.5 Å². The lowest BCUT2D eigenvalue weighted by atomic mass is 9.98. The molecule has 0 bridgehead atoms. The van der Waals surface area contributed by atoms with E-state index in [0.29, 0.717) is 13.0 Å². The number of aliphatic imine (C=N–C) groups is 1. The molecule has 0 spiro atoms. The highest BCUT2D eigenvalue weighted by atomic mass is 16.6. The fraction of sp³-hybridized carbons (Fsp3) is 0.286. The summed E-state index contributed by atoms with van der Waals surface area (Å²) in [6.07, 6.45) is 0.242. The first-order valence-electron chi connectivity index (χ1n) is 11.4. The Hall–Kier alpha value is -3.60. The van der Waals surface area contributed by atoms with Gasteiger partial charge in [0.25, 0.3) is 0 Å². The Morgan fingerprint density at radius 1 is 1.00 bits per heavy atom. The normalized spacial score (nSPS) is 16.5. The largest absolute Gasteiger partial charge is 0.444 e. The minimum Gasteiger partial charge on any atom is -0.444 e. The topological polar surface area (TPSA) is 62.7 Å². The number of fused-ring (bicyclic) bond motifs is 1. The maximum atomic E-state index is 12.7. The van der Waals surface area contributed by atoms with Crippen LogP contribution in [0.5, 0.6) is 0 Å². The summed E-state index contributed by atoms with van der Waals surface area (Å²) in [7, 11) is 0. The Bertz CT molecular complexity index is 1100. The van der Waals surface area contributed by atoms with E-state index < -0.39 is 11.7 Å². The molecule has 33 heavy (non-hydrogen) atoms. The third-order valence-electron chi connectivity index (χ3n) is 5.50. The highest BCUT2D eigenvalue weighted by molar-refractivity contribution is 6.16. The van der Waals surface area contributed by atoms with Crippen LogP contribution in [0.2, 0.25) is 0 Å². The van der Waals surface area contributed by atoms with Crippen LogP contribution in [-0.4, -0.2) is 36.0 Å². The summed E-state index contributed by atoms with van der Waals surface area (Å²) in [6.45, 7) is 6.13. The minimum atomic E-state index is -0.566. The van der Waals surface area contributed by atoms with Crippen LogP contribution in [0.1, 0.15) is 37.5 Å². The van der Waals surface area contributed by atoms with Crippen LogP contribution in [0.25, 0.3) is 0 Å². The molecule has 5 heteroatoms. The molecule has 5 nitrogen and oxygen atoms in total. The summed E-state index contributed by atoms with van der Waals surface area (Å²) in [5, 5.41) is 6.77. The van der Waals surface area contributed by atoms with E-state index in [1.165, 1.54) is 0 Å². The van der Waals surface area contributed by atoms with Gasteiger partial charge in [-0.15, -0.1) is 0 Å². The second-order valence-corrected chi connectivity index (χ2v) is 9.29. The number of rotatable bonds is 5. The summed E-state index contributed by atoms with van der Waals surface area (Å²) >= 11 is 0. The van der Waals surface area contributed by atoms with Crippen LogP contribution in [0.3, 0.4) is 0 Å². The lowest BCUT2D eigenvalue weighted by molar-refractivity contribution is 0.0499. The van der Waals surface area contributed by atoms with Gasteiger partial charge in [-0.25, -0.2) is 4.79 Å². The minimum absolute atomic E-state index is 0.111. The van der Waals surface area contributed by atoms with Gasteiger partial charge in [0.2, 0.25) is 0 Å². The summed E-state index contributed by atoms with van der Waals surface area (Å²) in [4.78, 5) is 17.7. The van der Waals surface area contributed by atoms with Crippen LogP contribution in [0.4, 0.5) is 10.5 Å². The van der Waals surface area contributed by atoms with Crippen molar-refractivity contribution in [2.75, 3.05) is 11.9 Å². The summed E-state index contributed by atoms with van der Waals surface area (Å²) in [5.41, 5.74) is 4.67. The number of anilines is 1. The molecule has 0 fully saturated rings. The number of hydrogen-bond donors (Lipinski definition) is 2. The van der Waals surface area contributed by atoms with E-state index in [2.05, 4.69) is 47.0 Å². The van der Waals surface area contributed by atoms with Gasteiger partial charge in [-0.05, 0) is 38.8 Å². The molecular formula is C28H31N3O2. The van der Waals surface area contributed by atoms with E-state index in [0.717, 1.165) is 28.1 Å². The average Bonchev–Trinajstić information content (AvgIpc) is 2.98. The summed E-state index contributed by atoms with van der Waals surface area (Å²) < 4.78 is 5.57. The molecule has 1 aliphatic heterocycles. The molecule has 1 heterocycles. The van der Waals surface area contributed by atoms with Gasteiger partial charge in [0.15, 0.2) is 0 Å². The number of carbonyl (C=O) groups excluding carboxylic acids is 1. The first kappa shape index (κ1) is 22.6. The maximum Gasteiger partial charge on any atom is 0.407 e. The quantitative estimate of drug-likeness (QED) is 0.553. The molecule has 2 atom stereocenters. The van der Waals surface area contributed by atoms with Crippen LogP contribution in [0, 0.1) is 0 Å². The second-order valence-electron chi connectivity index (χ2n) is 9.29. The third-order valence-corrected chi connectivity index (χ3v) is 5.50. The van der Waals surface area contributed by atoms with Crippen molar-refractivity contribution in [2.24, 2.45) is 4.99 Å². The highest BCUT2D eigenvalue weighted by Gasteiger charge is 2.29. The molecule has 0 aromatic heterocycles. The highest BCUT2D eigenvalue weighted by Crippen LogP contribution is 2.25. The number of carbonyl (C=O) groups is 1. The van der Waals surface area contributed by atoms with Gasteiger partial charge >= 0.3 is 6.09 Å². The SMILES string of the molecule is CC(C)(C)OC(=O)N[C@@H](Cc1ccccc1)[C@H]1CN=C(c2ccccc2)c2ccccc2N1. The van der Waals surface area contributed by atoms with Crippen LogP contribution >= 0.6 is 0 Å². The lowest BCUT2D eigenvalue weighted by Crippen LogP contribution is -2.50. The van der Waals surface area contributed by atoms with E-state index in [9.17, 15) is 4.79 Å². The van der Waals surface area contributed by atoms with Gasteiger partial charge in [-0.2, -0.15) is 0 Å². The van der Waals surface area contributed by atoms with Crippen molar-refractivity contribution < 1.29 is 9.53 Å². The molecule has 0 saturated heterocycles. The van der Waals surface area contributed by atoms with Crippen molar-refractivity contribution in [3.8, 4) is 0 Å². The fourth-order valence-electron chi connectivity index (χ4n) is 4.03. The molecule has 0 radical (unpaired) electrons. The Labute approximate surface area is 195 Å². The number of amides is 1. The van der Waals surface area contributed by atoms with E-state index >= 15 is 0 Å². The molecule has 170 valence electrons. The van der Waals surface area contributed by atoms with Crippen molar-refractivity contribution in [3.05, 3.63) is 102 Å². The molecule has 0 saturated carbocycles. The zero-order valence-corrected chi connectivity index (χ0v) is 19.4. The zero-order valence-electron chi connectivity index (χ0n) is 19.4. The van der Waals surface area contributed by atoms with Gasteiger partial charge in [0.1, 0.15) is 5.60 Å². The monoisotopic (exact) mass is 441 g/mol. The maximum absolute atomic E-state index is 12.7. The molecule has 0 aliphatic carbocycles. The number of nitrogens with zero attached hydrogens (tertiary/aromatic N) is 1. The lowest BCUT2D eigenvalue weighted by Gasteiger charge is -2.29. The van der Waals surface area contributed by atoms with Crippen LogP contribution in [0.15, 0.2) is 89.9 Å². The molecule has 1 aliphatic rings. The number of hydrogen-bond acceptors (Lipinski definition) is 4. The molecule has 0 unspecified atom stereocenters. The molecule has 4 rings (SSSR count). The number of alkyl carbamates (subject to hydrolysis) is 1. The van der Waals surface area contributed by atoms with Crippen molar-refractivity contribution in [1.29, 1.82) is 0 Å². The van der Waals surface area contributed by atoms with Crippen LogP contribution in [-0.2, 0) is 11.2 Å². The van der Waals surface area contributed by atoms with Crippen molar-refractivity contribution in [2.45, 2.75) is 44.9 Å².